The average Bonchev–Trinajstić information content (AvgIpc) is 2.29. The van der Waals surface area contributed by atoms with Crippen LogP contribution in [0.1, 0.15) is 23.2 Å². The number of nitrogens with zero attached hydrogens (tertiary/aromatic N) is 1. The number of ketones is 1. The summed E-state index contributed by atoms with van der Waals surface area (Å²) in [6, 6.07) is 8.61. The number of likely N-dealkylation sites (tertiary alicyclic amines) is 1. The van der Waals surface area contributed by atoms with Crippen LogP contribution in [0.5, 0.6) is 0 Å². The Hall–Kier alpha value is -1.97. The number of amides is 2. The van der Waals surface area contributed by atoms with Gasteiger partial charge in [0.05, 0.1) is 6.42 Å². The molecule has 0 N–H and O–H groups in total. The first-order valence-corrected chi connectivity index (χ1v) is 5.10. The molecule has 2 amide bonds. The number of Topliss-reactive ketones (excluding diaryl/α,β-unsaturated/α-hetero) is 1. The van der Waals surface area contributed by atoms with Gasteiger partial charge in [-0.2, -0.15) is 0 Å². The van der Waals surface area contributed by atoms with Gasteiger partial charge < -0.3 is 0 Å². The van der Waals surface area contributed by atoms with Crippen molar-refractivity contribution in [1.29, 1.82) is 0 Å². The predicted octanol–water partition coefficient (Wildman–Crippen LogP) is 1.02. The highest BCUT2D eigenvalue weighted by atomic mass is 16.2. The van der Waals surface area contributed by atoms with Gasteiger partial charge in [0.1, 0.15) is 5.78 Å². The molecule has 1 fully saturated rings. The van der Waals surface area contributed by atoms with E-state index in [0.717, 1.165) is 4.90 Å². The number of benzene rings is 1. The third kappa shape index (κ3) is 2.00. The number of hydrogen-bond donors (Lipinski definition) is 0. The maximum atomic E-state index is 11.9. The number of carbonyl (C=O) groups excluding carboxylic acids is 3. The van der Waals surface area contributed by atoms with Crippen LogP contribution in [0.25, 0.3) is 0 Å². The van der Waals surface area contributed by atoms with Crippen molar-refractivity contribution in [2.75, 3.05) is 6.54 Å². The summed E-state index contributed by atoms with van der Waals surface area (Å²) >= 11 is 0. The molecule has 2 rings (SSSR count). The summed E-state index contributed by atoms with van der Waals surface area (Å²) in [6.45, 7) is 0.200. The van der Waals surface area contributed by atoms with E-state index in [1.54, 1.807) is 30.3 Å². The number of carbonyl (C=O) groups is 3. The molecule has 0 spiro atoms. The van der Waals surface area contributed by atoms with Crippen molar-refractivity contribution in [3.63, 3.8) is 0 Å². The smallest absolute Gasteiger partial charge is 0.260 e. The summed E-state index contributed by atoms with van der Waals surface area (Å²) in [4.78, 5) is 35.6. The fourth-order valence-electron chi connectivity index (χ4n) is 1.67. The lowest BCUT2D eigenvalue weighted by Crippen LogP contribution is -2.43. The van der Waals surface area contributed by atoms with Gasteiger partial charge in [0.15, 0.2) is 0 Å². The quantitative estimate of drug-likeness (QED) is 0.521. The minimum absolute atomic E-state index is 0.0953. The molecule has 1 saturated heterocycles. The first-order chi connectivity index (χ1) is 7.68. The Morgan fingerprint density at radius 1 is 1.12 bits per heavy atom. The van der Waals surface area contributed by atoms with Crippen LogP contribution in [-0.4, -0.2) is 29.0 Å². The highest BCUT2D eigenvalue weighted by Crippen LogP contribution is 2.12. The van der Waals surface area contributed by atoms with Gasteiger partial charge in [-0.25, -0.2) is 0 Å². The second-order valence-corrected chi connectivity index (χ2v) is 3.68. The predicted molar refractivity (Wildman–Crippen MR) is 56.7 cm³/mol. The number of piperidine rings is 1. The molecule has 1 heterocycles. The Morgan fingerprint density at radius 3 is 2.44 bits per heavy atom. The second-order valence-electron chi connectivity index (χ2n) is 3.68. The second kappa shape index (κ2) is 4.26. The monoisotopic (exact) mass is 217 g/mol. The molecule has 0 aliphatic carbocycles. The first-order valence-electron chi connectivity index (χ1n) is 5.10. The molecule has 1 aliphatic heterocycles. The highest BCUT2D eigenvalue weighted by Gasteiger charge is 2.28. The van der Waals surface area contributed by atoms with Crippen LogP contribution < -0.4 is 0 Å². The standard InChI is InChI=1S/C12H11NO3/c14-10-6-7-13(11(15)8-10)12(16)9-4-2-1-3-5-9/h1-5H,6-8H2. The first kappa shape index (κ1) is 10.5. The van der Waals surface area contributed by atoms with Gasteiger partial charge >= 0.3 is 0 Å². The maximum Gasteiger partial charge on any atom is 0.260 e. The van der Waals surface area contributed by atoms with E-state index in [2.05, 4.69) is 0 Å². The van der Waals surface area contributed by atoms with E-state index in [1.165, 1.54) is 0 Å². The molecule has 0 saturated carbocycles. The van der Waals surface area contributed by atoms with E-state index >= 15 is 0 Å². The van der Waals surface area contributed by atoms with E-state index in [1.807, 2.05) is 0 Å². The topological polar surface area (TPSA) is 54.5 Å². The number of hydrogen-bond acceptors (Lipinski definition) is 3. The fraction of sp³-hybridized carbons (Fsp3) is 0.250. The minimum Gasteiger partial charge on any atom is -0.299 e. The summed E-state index contributed by atoms with van der Waals surface area (Å²) in [5.74, 6) is -0.815. The van der Waals surface area contributed by atoms with E-state index in [-0.39, 0.29) is 31.1 Å². The van der Waals surface area contributed by atoms with Crippen molar-refractivity contribution in [3.05, 3.63) is 35.9 Å². The van der Waals surface area contributed by atoms with Crippen molar-refractivity contribution < 1.29 is 14.4 Å². The third-order valence-corrected chi connectivity index (χ3v) is 2.53. The van der Waals surface area contributed by atoms with Gasteiger partial charge in [0.25, 0.3) is 5.91 Å². The van der Waals surface area contributed by atoms with Gasteiger partial charge in [-0.05, 0) is 12.1 Å². The van der Waals surface area contributed by atoms with E-state index in [0.29, 0.717) is 5.56 Å². The van der Waals surface area contributed by atoms with Crippen LogP contribution in [-0.2, 0) is 9.59 Å². The Labute approximate surface area is 92.9 Å². The molecule has 1 aromatic carbocycles. The lowest BCUT2D eigenvalue weighted by molar-refractivity contribution is -0.136. The van der Waals surface area contributed by atoms with Crippen molar-refractivity contribution in [2.24, 2.45) is 0 Å². The zero-order valence-corrected chi connectivity index (χ0v) is 8.68. The zero-order valence-electron chi connectivity index (χ0n) is 8.68. The maximum absolute atomic E-state index is 11.9. The van der Waals surface area contributed by atoms with Crippen LogP contribution in [0, 0.1) is 0 Å². The summed E-state index contributed by atoms with van der Waals surface area (Å²) < 4.78 is 0. The van der Waals surface area contributed by atoms with E-state index in [4.69, 9.17) is 0 Å². The van der Waals surface area contributed by atoms with Crippen LogP contribution in [0.4, 0.5) is 0 Å². The number of imide groups is 1. The van der Waals surface area contributed by atoms with Gasteiger partial charge in [0.2, 0.25) is 5.91 Å². The summed E-state index contributed by atoms with van der Waals surface area (Å²) in [5, 5.41) is 0. The van der Waals surface area contributed by atoms with Gasteiger partial charge in [-0.1, -0.05) is 18.2 Å². The van der Waals surface area contributed by atoms with Crippen molar-refractivity contribution in [3.8, 4) is 0 Å². The average molecular weight is 217 g/mol. The zero-order chi connectivity index (χ0) is 11.5. The molecule has 0 radical (unpaired) electrons. The van der Waals surface area contributed by atoms with Crippen LogP contribution in [0.15, 0.2) is 30.3 Å². The Bertz CT molecular complexity index is 439. The summed E-state index contributed by atoms with van der Waals surface area (Å²) in [7, 11) is 0. The van der Waals surface area contributed by atoms with Gasteiger partial charge in [0, 0.05) is 18.5 Å². The van der Waals surface area contributed by atoms with Crippen LogP contribution >= 0.6 is 0 Å². The molecule has 0 bridgehead atoms. The molecular formula is C12H11NO3. The molecule has 0 unspecified atom stereocenters. The van der Waals surface area contributed by atoms with Gasteiger partial charge in [-0.3, -0.25) is 19.3 Å². The minimum atomic E-state index is -0.398. The molecule has 82 valence electrons. The Morgan fingerprint density at radius 2 is 1.81 bits per heavy atom. The molecular weight excluding hydrogens is 206 g/mol. The van der Waals surface area contributed by atoms with Crippen molar-refractivity contribution in [1.82, 2.24) is 4.90 Å². The van der Waals surface area contributed by atoms with Crippen LogP contribution in [0.3, 0.4) is 0 Å². The lowest BCUT2D eigenvalue weighted by atomic mass is 10.1. The fourth-order valence-corrected chi connectivity index (χ4v) is 1.67. The summed E-state index contributed by atoms with van der Waals surface area (Å²) in [5.41, 5.74) is 0.477. The van der Waals surface area contributed by atoms with Gasteiger partial charge in [-0.15, -0.1) is 0 Å². The normalized spacial score (nSPS) is 16.4. The molecule has 1 aliphatic rings. The summed E-state index contributed by atoms with van der Waals surface area (Å²) in [6.07, 6.45) is 0.114. The van der Waals surface area contributed by atoms with Crippen molar-refractivity contribution >= 4 is 17.6 Å². The highest BCUT2D eigenvalue weighted by molar-refractivity contribution is 6.11. The lowest BCUT2D eigenvalue weighted by Gasteiger charge is -2.24. The SMILES string of the molecule is O=C1CCN(C(=O)c2ccccc2)C(=O)C1. The van der Waals surface area contributed by atoms with E-state index in [9.17, 15) is 14.4 Å². The molecule has 1 aromatic rings. The largest absolute Gasteiger partial charge is 0.299 e. The van der Waals surface area contributed by atoms with Crippen LogP contribution in [0.2, 0.25) is 0 Å². The van der Waals surface area contributed by atoms with Crippen molar-refractivity contribution in [2.45, 2.75) is 12.8 Å². The molecule has 4 nitrogen and oxygen atoms in total. The third-order valence-electron chi connectivity index (χ3n) is 2.53. The molecule has 0 atom stereocenters. The Balaban J connectivity index is 2.17. The van der Waals surface area contributed by atoms with E-state index < -0.39 is 5.91 Å². The number of rotatable bonds is 1. The molecule has 16 heavy (non-hydrogen) atoms. The molecule has 0 aromatic heterocycles. The molecule has 4 heteroatoms. The Kier molecular flexibility index (Phi) is 2.81.